The third kappa shape index (κ3) is 4.32. The van der Waals surface area contributed by atoms with Gasteiger partial charge in [0.15, 0.2) is 0 Å². The first kappa shape index (κ1) is 12.0. The lowest BCUT2D eigenvalue weighted by atomic mass is 10.2. The number of hydrogen-bond acceptors (Lipinski definition) is 2. The Morgan fingerprint density at radius 1 is 1.47 bits per heavy atom. The Balaban J connectivity index is 2.25. The van der Waals surface area contributed by atoms with Crippen LogP contribution in [0.25, 0.3) is 0 Å². The number of hydrogen-bond donors (Lipinski definition) is 1. The third-order valence-corrected chi connectivity index (χ3v) is 2.40. The maximum absolute atomic E-state index is 11.2. The fraction of sp³-hybridized carbons (Fsp3) is 0.364. The van der Waals surface area contributed by atoms with Crippen LogP contribution in [0.2, 0.25) is 0 Å². The quantitative estimate of drug-likeness (QED) is 0.618. The van der Waals surface area contributed by atoms with Crippen LogP contribution in [0, 0.1) is 5.92 Å². The molecule has 0 fully saturated rings. The van der Waals surface area contributed by atoms with Gasteiger partial charge in [-0.25, -0.2) is 5.48 Å². The van der Waals surface area contributed by atoms with Crippen molar-refractivity contribution in [3.63, 3.8) is 0 Å². The zero-order valence-electron chi connectivity index (χ0n) is 8.57. The zero-order valence-corrected chi connectivity index (χ0v) is 9.33. The Morgan fingerprint density at radius 2 is 2.13 bits per heavy atom. The summed E-state index contributed by atoms with van der Waals surface area (Å²) >= 11 is 5.53. The Labute approximate surface area is 94.3 Å². The second kappa shape index (κ2) is 6.43. The summed E-state index contributed by atoms with van der Waals surface area (Å²) in [5.74, 6) is -0.135. The van der Waals surface area contributed by atoms with Gasteiger partial charge in [0.1, 0.15) is 0 Å². The number of alkyl halides is 1. The lowest BCUT2D eigenvalue weighted by Crippen LogP contribution is -2.30. The average Bonchev–Trinajstić information content (AvgIpc) is 2.29. The number of nitrogens with one attached hydrogen (secondary N) is 1. The van der Waals surface area contributed by atoms with Crippen LogP contribution in [0.3, 0.4) is 0 Å². The van der Waals surface area contributed by atoms with Gasteiger partial charge in [-0.3, -0.25) is 9.63 Å². The Bertz CT molecular complexity index is 303. The minimum atomic E-state index is -0.234. The van der Waals surface area contributed by atoms with E-state index in [1.165, 1.54) is 0 Å². The standard InChI is InChI=1S/C11H14ClNO2/c1-9(7-12)11(14)13-15-8-10-5-3-2-4-6-10/h2-6,9H,7-8H2,1H3,(H,13,14). The molecule has 0 radical (unpaired) electrons. The van der Waals surface area contributed by atoms with Gasteiger partial charge in [0.05, 0.1) is 12.5 Å². The molecular weight excluding hydrogens is 214 g/mol. The number of carbonyl (C=O) groups is 1. The van der Waals surface area contributed by atoms with Crippen LogP contribution in [0.15, 0.2) is 30.3 Å². The molecule has 0 spiro atoms. The van der Waals surface area contributed by atoms with Crippen molar-refractivity contribution in [2.24, 2.45) is 5.92 Å². The van der Waals surface area contributed by atoms with Gasteiger partial charge >= 0.3 is 0 Å². The monoisotopic (exact) mass is 227 g/mol. The van der Waals surface area contributed by atoms with Crippen molar-refractivity contribution >= 4 is 17.5 Å². The summed E-state index contributed by atoms with van der Waals surface area (Å²) in [6.45, 7) is 2.11. The van der Waals surface area contributed by atoms with Gasteiger partial charge in [-0.2, -0.15) is 0 Å². The zero-order chi connectivity index (χ0) is 11.1. The summed E-state index contributed by atoms with van der Waals surface area (Å²) < 4.78 is 0. The van der Waals surface area contributed by atoms with Gasteiger partial charge in [-0.05, 0) is 5.56 Å². The molecule has 1 unspecified atom stereocenters. The lowest BCUT2D eigenvalue weighted by molar-refractivity contribution is -0.137. The van der Waals surface area contributed by atoms with Crippen LogP contribution in [0.4, 0.5) is 0 Å². The van der Waals surface area contributed by atoms with Crippen LogP contribution in [-0.2, 0) is 16.2 Å². The molecule has 0 heterocycles. The minimum absolute atomic E-state index is 0.194. The molecule has 1 aromatic carbocycles. The van der Waals surface area contributed by atoms with E-state index in [1.54, 1.807) is 6.92 Å². The Morgan fingerprint density at radius 3 is 2.73 bits per heavy atom. The van der Waals surface area contributed by atoms with E-state index in [0.29, 0.717) is 12.5 Å². The predicted molar refractivity (Wildman–Crippen MR) is 59.3 cm³/mol. The van der Waals surface area contributed by atoms with Gasteiger partial charge in [0, 0.05) is 5.88 Å². The fourth-order valence-corrected chi connectivity index (χ4v) is 1.08. The predicted octanol–water partition coefficient (Wildman–Crippen LogP) is 2.11. The van der Waals surface area contributed by atoms with Crippen LogP contribution >= 0.6 is 11.6 Å². The van der Waals surface area contributed by atoms with Gasteiger partial charge in [0.2, 0.25) is 5.91 Å². The second-order valence-electron chi connectivity index (χ2n) is 3.30. The van der Waals surface area contributed by atoms with E-state index in [4.69, 9.17) is 16.4 Å². The molecule has 0 bridgehead atoms. The molecule has 1 aromatic rings. The molecule has 3 nitrogen and oxygen atoms in total. The van der Waals surface area contributed by atoms with Crippen LogP contribution < -0.4 is 5.48 Å². The van der Waals surface area contributed by atoms with E-state index in [0.717, 1.165) is 5.56 Å². The highest BCUT2D eigenvalue weighted by atomic mass is 35.5. The second-order valence-corrected chi connectivity index (χ2v) is 3.60. The minimum Gasteiger partial charge on any atom is -0.272 e. The first-order valence-electron chi connectivity index (χ1n) is 4.75. The first-order chi connectivity index (χ1) is 7.24. The van der Waals surface area contributed by atoms with E-state index < -0.39 is 0 Å². The highest BCUT2D eigenvalue weighted by molar-refractivity contribution is 6.19. The van der Waals surface area contributed by atoms with Gasteiger partial charge in [0.25, 0.3) is 0 Å². The molecule has 1 rings (SSSR count). The molecule has 4 heteroatoms. The topological polar surface area (TPSA) is 38.3 Å². The van der Waals surface area contributed by atoms with E-state index in [9.17, 15) is 4.79 Å². The summed E-state index contributed by atoms with van der Waals surface area (Å²) in [4.78, 5) is 16.3. The maximum Gasteiger partial charge on any atom is 0.247 e. The number of amides is 1. The number of carbonyl (C=O) groups excluding carboxylic acids is 1. The Hall–Kier alpha value is -1.06. The summed E-state index contributed by atoms with van der Waals surface area (Å²) in [5.41, 5.74) is 3.37. The van der Waals surface area contributed by atoms with E-state index in [-0.39, 0.29) is 11.8 Å². The molecule has 1 amide bonds. The highest BCUT2D eigenvalue weighted by Gasteiger charge is 2.10. The van der Waals surface area contributed by atoms with E-state index >= 15 is 0 Å². The van der Waals surface area contributed by atoms with Gasteiger partial charge < -0.3 is 0 Å². The van der Waals surface area contributed by atoms with E-state index in [2.05, 4.69) is 5.48 Å². The molecule has 0 aliphatic carbocycles. The summed E-state index contributed by atoms with van der Waals surface area (Å²) in [6.07, 6.45) is 0. The highest BCUT2D eigenvalue weighted by Crippen LogP contribution is 2.01. The van der Waals surface area contributed by atoms with Crippen molar-refractivity contribution in [3.05, 3.63) is 35.9 Å². The molecule has 0 saturated heterocycles. The van der Waals surface area contributed by atoms with Crippen molar-refractivity contribution in [2.75, 3.05) is 5.88 Å². The van der Waals surface area contributed by atoms with Crippen LogP contribution in [-0.4, -0.2) is 11.8 Å². The fourth-order valence-electron chi connectivity index (χ4n) is 0.935. The van der Waals surface area contributed by atoms with Gasteiger partial charge in [-0.15, -0.1) is 11.6 Å². The molecule has 0 aromatic heterocycles. The van der Waals surface area contributed by atoms with Crippen molar-refractivity contribution in [1.82, 2.24) is 5.48 Å². The van der Waals surface area contributed by atoms with Crippen molar-refractivity contribution in [3.8, 4) is 0 Å². The van der Waals surface area contributed by atoms with Crippen molar-refractivity contribution in [2.45, 2.75) is 13.5 Å². The third-order valence-electron chi connectivity index (χ3n) is 1.93. The molecule has 82 valence electrons. The van der Waals surface area contributed by atoms with Crippen molar-refractivity contribution < 1.29 is 9.63 Å². The average molecular weight is 228 g/mol. The van der Waals surface area contributed by atoms with Crippen LogP contribution in [0.5, 0.6) is 0 Å². The largest absolute Gasteiger partial charge is 0.272 e. The van der Waals surface area contributed by atoms with Crippen molar-refractivity contribution in [1.29, 1.82) is 0 Å². The maximum atomic E-state index is 11.2. The molecular formula is C11H14ClNO2. The summed E-state index contributed by atoms with van der Waals surface area (Å²) in [7, 11) is 0. The molecule has 0 saturated carbocycles. The van der Waals surface area contributed by atoms with Gasteiger partial charge in [-0.1, -0.05) is 37.3 Å². The van der Waals surface area contributed by atoms with Crippen LogP contribution in [0.1, 0.15) is 12.5 Å². The van der Waals surface area contributed by atoms with E-state index in [1.807, 2.05) is 30.3 Å². The first-order valence-corrected chi connectivity index (χ1v) is 5.29. The number of benzene rings is 1. The molecule has 0 aliphatic heterocycles. The molecule has 0 aliphatic rings. The lowest BCUT2D eigenvalue weighted by Gasteiger charge is -2.09. The smallest absolute Gasteiger partial charge is 0.247 e. The summed E-state index contributed by atoms with van der Waals surface area (Å²) in [5, 5.41) is 0. The molecule has 1 atom stereocenters. The number of rotatable bonds is 5. The number of halogens is 1. The summed E-state index contributed by atoms with van der Waals surface area (Å²) in [6, 6.07) is 9.62. The molecule has 1 N–H and O–H groups in total. The Kier molecular flexibility index (Phi) is 5.15. The SMILES string of the molecule is CC(CCl)C(=O)NOCc1ccccc1. The number of hydroxylamine groups is 1. The molecule has 15 heavy (non-hydrogen) atoms. The normalized spacial score (nSPS) is 12.1.